The van der Waals surface area contributed by atoms with Crippen LogP contribution in [-0.4, -0.2) is 49.9 Å². The lowest BCUT2D eigenvalue weighted by Gasteiger charge is -2.31. The minimum Gasteiger partial charge on any atom is -0.341 e. The fraction of sp³-hybridized carbons (Fsp3) is 0.562. The Morgan fingerprint density at radius 2 is 1.64 bits per heavy atom. The molecular weight excluding hydrogens is 300 g/mol. The Labute approximate surface area is 133 Å². The Balaban J connectivity index is 2.33. The lowest BCUT2D eigenvalue weighted by Crippen LogP contribution is -2.43. The summed E-state index contributed by atoms with van der Waals surface area (Å²) in [7, 11) is -1.98. The molecule has 0 spiro atoms. The van der Waals surface area contributed by atoms with E-state index in [1.165, 1.54) is 11.4 Å². The van der Waals surface area contributed by atoms with Crippen molar-refractivity contribution in [1.82, 2.24) is 9.21 Å². The number of carbonyl (C=O) groups excluding carboxylic acids is 1. The van der Waals surface area contributed by atoms with Gasteiger partial charge in [-0.3, -0.25) is 4.79 Å². The molecule has 1 aliphatic rings. The molecule has 0 aliphatic carbocycles. The maximum atomic E-state index is 13.0. The number of likely N-dealkylation sites (tertiary alicyclic amines) is 1. The Morgan fingerprint density at radius 3 is 2.14 bits per heavy atom. The third kappa shape index (κ3) is 4.08. The average Bonchev–Trinajstić information content (AvgIpc) is 2.76. The van der Waals surface area contributed by atoms with Crippen LogP contribution in [0.1, 0.15) is 37.3 Å². The van der Waals surface area contributed by atoms with Crippen LogP contribution in [0, 0.1) is 0 Å². The van der Waals surface area contributed by atoms with Crippen molar-refractivity contribution in [2.45, 2.75) is 31.7 Å². The van der Waals surface area contributed by atoms with Gasteiger partial charge in [0.05, 0.1) is 6.26 Å². The molecule has 1 aromatic rings. The van der Waals surface area contributed by atoms with Crippen LogP contribution in [0.25, 0.3) is 0 Å². The number of benzene rings is 1. The maximum absolute atomic E-state index is 13.0. The highest BCUT2D eigenvalue weighted by molar-refractivity contribution is 7.88. The number of hydrogen-bond donors (Lipinski definition) is 0. The largest absolute Gasteiger partial charge is 0.341 e. The molecule has 0 N–H and O–H groups in total. The van der Waals surface area contributed by atoms with E-state index in [-0.39, 0.29) is 5.91 Å². The van der Waals surface area contributed by atoms with Gasteiger partial charge >= 0.3 is 0 Å². The smallest absolute Gasteiger partial charge is 0.245 e. The van der Waals surface area contributed by atoms with Gasteiger partial charge in [0, 0.05) is 20.1 Å². The van der Waals surface area contributed by atoms with Gasteiger partial charge in [-0.15, -0.1) is 0 Å². The van der Waals surface area contributed by atoms with Crippen LogP contribution in [0.3, 0.4) is 0 Å². The summed E-state index contributed by atoms with van der Waals surface area (Å²) in [6.45, 7) is 1.42. The summed E-state index contributed by atoms with van der Waals surface area (Å²) in [5.74, 6) is -0.124. The monoisotopic (exact) mass is 324 g/mol. The number of sulfonamides is 1. The van der Waals surface area contributed by atoms with Crippen LogP contribution in [-0.2, 0) is 14.8 Å². The van der Waals surface area contributed by atoms with Gasteiger partial charge in [0.25, 0.3) is 0 Å². The van der Waals surface area contributed by atoms with E-state index in [1.807, 2.05) is 35.2 Å². The van der Waals surface area contributed by atoms with Crippen molar-refractivity contribution in [3.63, 3.8) is 0 Å². The predicted molar refractivity (Wildman–Crippen MR) is 86.8 cm³/mol. The van der Waals surface area contributed by atoms with Crippen LogP contribution < -0.4 is 0 Å². The van der Waals surface area contributed by atoms with Gasteiger partial charge in [-0.2, -0.15) is 4.31 Å². The van der Waals surface area contributed by atoms with E-state index in [0.29, 0.717) is 18.7 Å². The van der Waals surface area contributed by atoms with Gasteiger partial charge in [0.2, 0.25) is 15.9 Å². The standard InChI is InChI=1S/C16H24N2O3S/c1-17(22(2,20)21)15(14-10-6-5-7-11-14)16(19)18-12-8-3-4-9-13-18/h5-7,10-11,15H,3-4,8-9,12-13H2,1-2H3. The number of hydrogen-bond acceptors (Lipinski definition) is 3. The second-order valence-electron chi connectivity index (χ2n) is 5.83. The number of nitrogens with zero attached hydrogens (tertiary/aromatic N) is 2. The minimum atomic E-state index is -3.46. The summed E-state index contributed by atoms with van der Waals surface area (Å²) in [4.78, 5) is 14.8. The lowest BCUT2D eigenvalue weighted by atomic mass is 10.1. The first-order chi connectivity index (χ1) is 10.4. The second-order valence-corrected chi connectivity index (χ2v) is 7.87. The molecule has 1 heterocycles. The van der Waals surface area contributed by atoms with E-state index >= 15 is 0 Å². The Kier molecular flexibility index (Phi) is 5.58. The topological polar surface area (TPSA) is 57.7 Å². The molecule has 0 radical (unpaired) electrons. The van der Waals surface area contributed by atoms with Crippen LogP contribution in [0.2, 0.25) is 0 Å². The summed E-state index contributed by atoms with van der Waals surface area (Å²) in [6.07, 6.45) is 5.35. The highest BCUT2D eigenvalue weighted by Gasteiger charge is 2.33. The molecule has 1 aliphatic heterocycles. The van der Waals surface area contributed by atoms with Gasteiger partial charge < -0.3 is 4.90 Å². The fourth-order valence-corrected chi connectivity index (χ4v) is 3.39. The van der Waals surface area contributed by atoms with Gasteiger partial charge in [-0.25, -0.2) is 8.42 Å². The molecule has 1 amide bonds. The quantitative estimate of drug-likeness (QED) is 0.851. The molecular formula is C16H24N2O3S. The van der Waals surface area contributed by atoms with Crippen molar-refractivity contribution in [3.8, 4) is 0 Å². The fourth-order valence-electron chi connectivity index (χ4n) is 2.80. The van der Waals surface area contributed by atoms with Crippen LogP contribution >= 0.6 is 0 Å². The first-order valence-corrected chi connectivity index (χ1v) is 9.53. The van der Waals surface area contributed by atoms with E-state index in [0.717, 1.165) is 31.9 Å². The summed E-state index contributed by atoms with van der Waals surface area (Å²) in [5.41, 5.74) is 0.713. The van der Waals surface area contributed by atoms with Crippen molar-refractivity contribution in [3.05, 3.63) is 35.9 Å². The Bertz CT molecular complexity index is 593. The molecule has 6 heteroatoms. The van der Waals surface area contributed by atoms with Crippen molar-refractivity contribution in [2.24, 2.45) is 0 Å². The average molecular weight is 324 g/mol. The highest BCUT2D eigenvalue weighted by Crippen LogP contribution is 2.25. The molecule has 122 valence electrons. The number of amides is 1. The zero-order chi connectivity index (χ0) is 16.2. The molecule has 1 fully saturated rings. The molecule has 22 heavy (non-hydrogen) atoms. The molecule has 1 atom stereocenters. The van der Waals surface area contributed by atoms with Crippen molar-refractivity contribution < 1.29 is 13.2 Å². The summed E-state index contributed by atoms with van der Waals surface area (Å²) < 4.78 is 25.1. The van der Waals surface area contributed by atoms with Crippen LogP contribution in [0.15, 0.2) is 30.3 Å². The Morgan fingerprint density at radius 1 is 1.09 bits per heavy atom. The molecule has 0 aromatic heterocycles. The van der Waals surface area contributed by atoms with E-state index in [1.54, 1.807) is 0 Å². The predicted octanol–water partition coefficient (Wildman–Crippen LogP) is 2.02. The van der Waals surface area contributed by atoms with E-state index < -0.39 is 16.1 Å². The van der Waals surface area contributed by atoms with Crippen molar-refractivity contribution >= 4 is 15.9 Å². The first kappa shape index (κ1) is 17.0. The Hall–Kier alpha value is -1.40. The summed E-state index contributed by atoms with van der Waals surface area (Å²) in [5, 5.41) is 0. The number of carbonyl (C=O) groups is 1. The van der Waals surface area contributed by atoms with E-state index in [9.17, 15) is 13.2 Å². The molecule has 1 unspecified atom stereocenters. The number of rotatable bonds is 4. The first-order valence-electron chi connectivity index (χ1n) is 7.68. The zero-order valence-electron chi connectivity index (χ0n) is 13.2. The molecule has 1 aromatic carbocycles. The van der Waals surface area contributed by atoms with Crippen LogP contribution in [0.5, 0.6) is 0 Å². The normalized spacial score (nSPS) is 18.0. The highest BCUT2D eigenvalue weighted by atomic mass is 32.2. The second kappa shape index (κ2) is 7.24. The van der Waals surface area contributed by atoms with Gasteiger partial charge in [-0.1, -0.05) is 43.2 Å². The van der Waals surface area contributed by atoms with Crippen LogP contribution in [0.4, 0.5) is 0 Å². The molecule has 5 nitrogen and oxygen atoms in total. The SMILES string of the molecule is CN(C(C(=O)N1CCCCCC1)c1ccccc1)S(C)(=O)=O. The minimum absolute atomic E-state index is 0.124. The van der Waals surface area contributed by atoms with Gasteiger partial charge in [0.1, 0.15) is 6.04 Å². The van der Waals surface area contributed by atoms with E-state index in [2.05, 4.69) is 0 Å². The summed E-state index contributed by atoms with van der Waals surface area (Å²) in [6, 6.07) is 8.35. The molecule has 2 rings (SSSR count). The zero-order valence-corrected chi connectivity index (χ0v) is 14.1. The molecule has 0 bridgehead atoms. The van der Waals surface area contributed by atoms with Gasteiger partial charge in [-0.05, 0) is 18.4 Å². The van der Waals surface area contributed by atoms with E-state index in [4.69, 9.17) is 0 Å². The van der Waals surface area contributed by atoms with Gasteiger partial charge in [0.15, 0.2) is 0 Å². The summed E-state index contributed by atoms with van der Waals surface area (Å²) >= 11 is 0. The molecule has 0 saturated carbocycles. The molecule has 1 saturated heterocycles. The van der Waals surface area contributed by atoms with Crippen molar-refractivity contribution in [1.29, 1.82) is 0 Å². The lowest BCUT2D eigenvalue weighted by molar-refractivity contribution is -0.135. The third-order valence-electron chi connectivity index (χ3n) is 4.15. The van der Waals surface area contributed by atoms with Crippen molar-refractivity contribution in [2.75, 3.05) is 26.4 Å². The maximum Gasteiger partial charge on any atom is 0.245 e. The number of likely N-dealkylation sites (N-methyl/N-ethyl adjacent to an activating group) is 1. The third-order valence-corrected chi connectivity index (χ3v) is 5.41.